The molecule has 1 saturated heterocycles. The summed E-state index contributed by atoms with van der Waals surface area (Å²) < 4.78 is 0. The topological polar surface area (TPSA) is 40.5 Å². The third kappa shape index (κ3) is 2.02. The van der Waals surface area contributed by atoms with E-state index in [2.05, 4.69) is 0 Å². The summed E-state index contributed by atoms with van der Waals surface area (Å²) in [6.45, 7) is 2.44. The van der Waals surface area contributed by atoms with Crippen molar-refractivity contribution in [1.82, 2.24) is 4.90 Å². The van der Waals surface area contributed by atoms with Crippen molar-refractivity contribution in [3.05, 3.63) is 35.9 Å². The van der Waals surface area contributed by atoms with Crippen molar-refractivity contribution in [2.45, 2.75) is 25.5 Å². The number of rotatable bonds is 2. The monoisotopic (exact) mass is 205 g/mol. The lowest BCUT2D eigenvalue weighted by Gasteiger charge is -2.24. The van der Waals surface area contributed by atoms with Gasteiger partial charge in [-0.3, -0.25) is 4.79 Å². The zero-order valence-electron chi connectivity index (χ0n) is 8.76. The molecule has 1 unspecified atom stereocenters. The van der Waals surface area contributed by atoms with Crippen molar-refractivity contribution in [2.24, 2.45) is 0 Å². The second-order valence-corrected chi connectivity index (χ2v) is 3.99. The van der Waals surface area contributed by atoms with Crippen molar-refractivity contribution in [3.8, 4) is 0 Å². The quantitative estimate of drug-likeness (QED) is 0.791. The number of likely N-dealkylation sites (tertiary alicyclic amines) is 1. The summed E-state index contributed by atoms with van der Waals surface area (Å²) in [7, 11) is 0. The minimum absolute atomic E-state index is 0.0406. The molecule has 1 heterocycles. The smallest absolute Gasteiger partial charge is 0.225 e. The van der Waals surface area contributed by atoms with Gasteiger partial charge in [-0.15, -0.1) is 0 Å². The summed E-state index contributed by atoms with van der Waals surface area (Å²) in [5, 5.41) is 9.40. The highest BCUT2D eigenvalue weighted by atomic mass is 16.3. The number of hydrogen-bond donors (Lipinski definition) is 1. The molecule has 1 aliphatic heterocycles. The largest absolute Gasteiger partial charge is 0.391 e. The van der Waals surface area contributed by atoms with E-state index in [0.717, 1.165) is 5.56 Å². The average molecular weight is 205 g/mol. The lowest BCUT2D eigenvalue weighted by molar-refractivity contribution is -0.129. The van der Waals surface area contributed by atoms with Crippen molar-refractivity contribution in [2.75, 3.05) is 6.54 Å². The lowest BCUT2D eigenvalue weighted by Crippen LogP contribution is -2.29. The molecule has 0 saturated carbocycles. The third-order valence-electron chi connectivity index (χ3n) is 2.89. The van der Waals surface area contributed by atoms with E-state index in [1.807, 2.05) is 37.3 Å². The SMILES string of the molecule is C[C@@H](c1ccccc1)N1CC(O)CC1=O. The van der Waals surface area contributed by atoms with Gasteiger partial charge in [-0.1, -0.05) is 30.3 Å². The number of carbonyl (C=O) groups excluding carboxylic acids is 1. The number of carbonyl (C=O) groups is 1. The van der Waals surface area contributed by atoms with Crippen molar-refractivity contribution in [3.63, 3.8) is 0 Å². The molecular weight excluding hydrogens is 190 g/mol. The number of aliphatic hydroxyl groups is 1. The molecule has 0 aromatic heterocycles. The van der Waals surface area contributed by atoms with Gasteiger partial charge in [0.15, 0.2) is 0 Å². The summed E-state index contributed by atoms with van der Waals surface area (Å²) in [6.07, 6.45) is -0.236. The van der Waals surface area contributed by atoms with Gasteiger partial charge in [-0.05, 0) is 12.5 Å². The second-order valence-electron chi connectivity index (χ2n) is 3.99. The molecule has 80 valence electrons. The van der Waals surface area contributed by atoms with Crippen molar-refractivity contribution in [1.29, 1.82) is 0 Å². The standard InChI is InChI=1S/C12H15NO2/c1-9(10-5-3-2-4-6-10)13-8-11(14)7-12(13)15/h2-6,9,11,14H,7-8H2,1H3/t9-,11?/m0/s1. The third-order valence-corrected chi connectivity index (χ3v) is 2.89. The van der Waals surface area contributed by atoms with E-state index >= 15 is 0 Å². The fourth-order valence-corrected chi connectivity index (χ4v) is 2.00. The normalized spacial score (nSPS) is 23.2. The maximum absolute atomic E-state index is 11.6. The van der Waals surface area contributed by atoms with E-state index in [1.165, 1.54) is 0 Å². The highest BCUT2D eigenvalue weighted by Gasteiger charge is 2.31. The van der Waals surface area contributed by atoms with E-state index in [1.54, 1.807) is 4.90 Å². The van der Waals surface area contributed by atoms with Crippen LogP contribution in [0.2, 0.25) is 0 Å². The van der Waals surface area contributed by atoms with Crippen LogP contribution in [0.25, 0.3) is 0 Å². The Bertz CT molecular complexity index is 350. The summed E-state index contributed by atoms with van der Waals surface area (Å²) in [5.41, 5.74) is 1.11. The fourth-order valence-electron chi connectivity index (χ4n) is 2.00. The van der Waals surface area contributed by atoms with Gasteiger partial charge in [0.2, 0.25) is 5.91 Å². The van der Waals surface area contributed by atoms with Crippen molar-refractivity contribution >= 4 is 5.91 Å². The molecule has 1 aromatic rings. The molecule has 1 amide bonds. The van der Waals surface area contributed by atoms with Crippen LogP contribution in [-0.2, 0) is 4.79 Å². The number of amides is 1. The lowest BCUT2D eigenvalue weighted by atomic mass is 10.1. The first-order chi connectivity index (χ1) is 7.18. The highest BCUT2D eigenvalue weighted by Crippen LogP contribution is 2.25. The second kappa shape index (κ2) is 4.03. The van der Waals surface area contributed by atoms with E-state index in [4.69, 9.17) is 0 Å². The molecule has 0 aliphatic carbocycles. The number of β-amino-alcohol motifs (C(OH)–C–C–N with tert-alkyl or cyclic N) is 1. The summed E-state index contributed by atoms with van der Waals surface area (Å²) in [6, 6.07) is 9.93. The predicted octanol–water partition coefficient (Wildman–Crippen LogP) is 1.34. The predicted molar refractivity (Wildman–Crippen MR) is 57.2 cm³/mol. The minimum Gasteiger partial charge on any atom is -0.391 e. The van der Waals surface area contributed by atoms with Gasteiger partial charge in [-0.25, -0.2) is 0 Å². The van der Waals surface area contributed by atoms with E-state index < -0.39 is 6.10 Å². The molecule has 15 heavy (non-hydrogen) atoms. The summed E-state index contributed by atoms with van der Waals surface area (Å²) in [5.74, 6) is 0.0406. The first-order valence-electron chi connectivity index (χ1n) is 5.21. The van der Waals surface area contributed by atoms with Crippen LogP contribution in [0.15, 0.2) is 30.3 Å². The Labute approximate surface area is 89.3 Å². The molecule has 1 aliphatic rings. The fraction of sp³-hybridized carbons (Fsp3) is 0.417. The Morgan fingerprint density at radius 2 is 2.07 bits per heavy atom. The molecule has 0 radical (unpaired) electrons. The molecule has 0 spiro atoms. The Morgan fingerprint density at radius 3 is 2.60 bits per heavy atom. The van der Waals surface area contributed by atoms with Crippen LogP contribution in [0.1, 0.15) is 24.9 Å². The zero-order chi connectivity index (χ0) is 10.8. The number of benzene rings is 1. The van der Waals surface area contributed by atoms with Gasteiger partial charge in [0.1, 0.15) is 0 Å². The van der Waals surface area contributed by atoms with Gasteiger partial charge >= 0.3 is 0 Å². The summed E-state index contributed by atoms with van der Waals surface area (Å²) >= 11 is 0. The minimum atomic E-state index is -0.497. The Kier molecular flexibility index (Phi) is 2.73. The molecule has 3 heteroatoms. The highest BCUT2D eigenvalue weighted by molar-refractivity contribution is 5.79. The Morgan fingerprint density at radius 1 is 1.40 bits per heavy atom. The Hall–Kier alpha value is -1.35. The van der Waals surface area contributed by atoms with Gasteiger partial charge in [0, 0.05) is 6.54 Å². The van der Waals surface area contributed by atoms with Gasteiger partial charge < -0.3 is 10.0 Å². The molecule has 2 rings (SSSR count). The van der Waals surface area contributed by atoms with Gasteiger partial charge in [0.25, 0.3) is 0 Å². The van der Waals surface area contributed by atoms with E-state index in [0.29, 0.717) is 6.54 Å². The van der Waals surface area contributed by atoms with Crippen LogP contribution in [0.3, 0.4) is 0 Å². The number of nitrogens with zero attached hydrogens (tertiary/aromatic N) is 1. The van der Waals surface area contributed by atoms with Crippen LogP contribution in [0.4, 0.5) is 0 Å². The first-order valence-corrected chi connectivity index (χ1v) is 5.21. The average Bonchev–Trinajstić information content (AvgIpc) is 2.58. The van der Waals surface area contributed by atoms with E-state index in [9.17, 15) is 9.90 Å². The van der Waals surface area contributed by atoms with Crippen LogP contribution in [-0.4, -0.2) is 28.6 Å². The van der Waals surface area contributed by atoms with Gasteiger partial charge in [0.05, 0.1) is 18.6 Å². The zero-order valence-corrected chi connectivity index (χ0v) is 8.76. The maximum atomic E-state index is 11.6. The molecule has 1 aromatic carbocycles. The molecule has 0 bridgehead atoms. The molecular formula is C12H15NO2. The van der Waals surface area contributed by atoms with Crippen LogP contribution < -0.4 is 0 Å². The summed E-state index contributed by atoms with van der Waals surface area (Å²) in [4.78, 5) is 13.3. The molecule has 1 N–H and O–H groups in total. The van der Waals surface area contributed by atoms with Crippen LogP contribution >= 0.6 is 0 Å². The maximum Gasteiger partial charge on any atom is 0.225 e. The number of hydrogen-bond acceptors (Lipinski definition) is 2. The van der Waals surface area contributed by atoms with E-state index in [-0.39, 0.29) is 18.4 Å². The Balaban J connectivity index is 2.15. The van der Waals surface area contributed by atoms with Crippen LogP contribution in [0, 0.1) is 0 Å². The first kappa shape index (κ1) is 10.2. The van der Waals surface area contributed by atoms with Crippen molar-refractivity contribution < 1.29 is 9.90 Å². The van der Waals surface area contributed by atoms with Crippen LogP contribution in [0.5, 0.6) is 0 Å². The molecule has 3 nitrogen and oxygen atoms in total. The molecule has 1 fully saturated rings. The number of aliphatic hydroxyl groups excluding tert-OH is 1. The van der Waals surface area contributed by atoms with Gasteiger partial charge in [-0.2, -0.15) is 0 Å². The molecule has 2 atom stereocenters.